The van der Waals surface area contributed by atoms with Crippen LogP contribution in [0.1, 0.15) is 42.5 Å². The first-order valence-electron chi connectivity index (χ1n) is 7.26. The van der Waals surface area contributed by atoms with E-state index in [-0.39, 0.29) is 12.1 Å². The van der Waals surface area contributed by atoms with E-state index in [9.17, 15) is 0 Å². The highest BCUT2D eigenvalue weighted by molar-refractivity contribution is 5.39. The number of ether oxygens (including phenoxy) is 1. The van der Waals surface area contributed by atoms with Crippen LogP contribution in [-0.2, 0) is 6.42 Å². The van der Waals surface area contributed by atoms with Crippen LogP contribution in [-0.4, -0.2) is 6.10 Å². The van der Waals surface area contributed by atoms with Gasteiger partial charge in [0.25, 0.3) is 0 Å². The number of hydrogen-bond acceptors (Lipinski definition) is 2. The lowest BCUT2D eigenvalue weighted by atomic mass is 10.0. The van der Waals surface area contributed by atoms with E-state index in [1.807, 2.05) is 18.2 Å². The maximum atomic E-state index is 6.34. The summed E-state index contributed by atoms with van der Waals surface area (Å²) < 4.78 is 6.24. The quantitative estimate of drug-likeness (QED) is 0.917. The van der Waals surface area contributed by atoms with E-state index in [2.05, 4.69) is 44.2 Å². The molecule has 0 fully saturated rings. The zero-order valence-corrected chi connectivity index (χ0v) is 12.0. The van der Waals surface area contributed by atoms with Crippen LogP contribution in [0.25, 0.3) is 0 Å². The Kier molecular flexibility index (Phi) is 3.49. The van der Waals surface area contributed by atoms with Crippen LogP contribution in [0.2, 0.25) is 0 Å². The molecule has 0 aromatic heterocycles. The largest absolute Gasteiger partial charge is 0.488 e. The van der Waals surface area contributed by atoms with Gasteiger partial charge in [0.2, 0.25) is 0 Å². The second-order valence-corrected chi connectivity index (χ2v) is 5.78. The van der Waals surface area contributed by atoms with Crippen LogP contribution in [0.15, 0.2) is 48.5 Å². The summed E-state index contributed by atoms with van der Waals surface area (Å²) in [5.74, 6) is 1.42. The second-order valence-electron chi connectivity index (χ2n) is 5.78. The van der Waals surface area contributed by atoms with Gasteiger partial charge in [-0.25, -0.2) is 0 Å². The number of hydrogen-bond donors (Lipinski definition) is 1. The summed E-state index contributed by atoms with van der Waals surface area (Å²) in [7, 11) is 0. The zero-order chi connectivity index (χ0) is 14.1. The van der Waals surface area contributed by atoms with E-state index in [0.29, 0.717) is 5.92 Å². The van der Waals surface area contributed by atoms with E-state index in [1.54, 1.807) is 0 Å². The van der Waals surface area contributed by atoms with Crippen molar-refractivity contribution in [3.63, 3.8) is 0 Å². The van der Waals surface area contributed by atoms with E-state index >= 15 is 0 Å². The van der Waals surface area contributed by atoms with Gasteiger partial charge in [0.15, 0.2) is 0 Å². The molecule has 0 spiro atoms. The first-order chi connectivity index (χ1) is 9.66. The highest BCUT2D eigenvalue weighted by Crippen LogP contribution is 2.34. The Bertz CT molecular complexity index is 606. The minimum absolute atomic E-state index is 0.0345. The number of rotatable bonds is 3. The molecule has 0 aliphatic heterocycles. The normalized spacial score (nSPS) is 21.0. The molecule has 2 atom stereocenters. The highest BCUT2D eigenvalue weighted by Gasteiger charge is 2.31. The molecule has 2 nitrogen and oxygen atoms in total. The van der Waals surface area contributed by atoms with Crippen LogP contribution in [0.5, 0.6) is 5.75 Å². The minimum Gasteiger partial charge on any atom is -0.488 e. The van der Waals surface area contributed by atoms with Crippen molar-refractivity contribution in [2.75, 3.05) is 0 Å². The van der Waals surface area contributed by atoms with Crippen molar-refractivity contribution in [1.29, 1.82) is 0 Å². The molecule has 104 valence electrons. The molecule has 0 saturated heterocycles. The summed E-state index contributed by atoms with van der Waals surface area (Å²) in [6.07, 6.45) is 0.927. The molecule has 0 radical (unpaired) electrons. The van der Waals surface area contributed by atoms with Crippen molar-refractivity contribution in [2.24, 2.45) is 5.73 Å². The van der Waals surface area contributed by atoms with Crippen LogP contribution < -0.4 is 10.5 Å². The van der Waals surface area contributed by atoms with Crippen LogP contribution in [0.3, 0.4) is 0 Å². The topological polar surface area (TPSA) is 35.2 Å². The third-order valence-electron chi connectivity index (χ3n) is 4.06. The molecular formula is C18H21NO. The third kappa shape index (κ3) is 2.32. The Morgan fingerprint density at radius 1 is 1.05 bits per heavy atom. The van der Waals surface area contributed by atoms with E-state index < -0.39 is 0 Å². The van der Waals surface area contributed by atoms with Crippen molar-refractivity contribution in [3.05, 3.63) is 65.2 Å². The molecule has 3 rings (SSSR count). The molecule has 2 aromatic carbocycles. The molecule has 2 N–H and O–H groups in total. The zero-order valence-electron chi connectivity index (χ0n) is 12.0. The van der Waals surface area contributed by atoms with Gasteiger partial charge in [-0.1, -0.05) is 56.3 Å². The first-order valence-corrected chi connectivity index (χ1v) is 7.26. The van der Waals surface area contributed by atoms with Crippen LogP contribution in [0.4, 0.5) is 0 Å². The van der Waals surface area contributed by atoms with E-state index in [4.69, 9.17) is 10.5 Å². The van der Waals surface area contributed by atoms with E-state index in [1.165, 1.54) is 16.7 Å². The van der Waals surface area contributed by atoms with Crippen molar-refractivity contribution < 1.29 is 4.74 Å². The predicted octanol–water partition coefficient (Wildman–Crippen LogP) is 3.81. The van der Waals surface area contributed by atoms with Gasteiger partial charge in [0, 0.05) is 6.42 Å². The molecule has 0 saturated carbocycles. The average Bonchev–Trinajstić information content (AvgIpc) is 2.76. The summed E-state index contributed by atoms with van der Waals surface area (Å²) in [6.45, 7) is 4.37. The van der Waals surface area contributed by atoms with Gasteiger partial charge in [-0.2, -0.15) is 0 Å². The van der Waals surface area contributed by atoms with Crippen LogP contribution in [0, 0.1) is 0 Å². The maximum Gasteiger partial charge on any atom is 0.123 e. The van der Waals surface area contributed by atoms with Gasteiger partial charge >= 0.3 is 0 Å². The summed E-state index contributed by atoms with van der Waals surface area (Å²) in [6, 6.07) is 16.6. The molecule has 1 aliphatic rings. The molecule has 20 heavy (non-hydrogen) atoms. The van der Waals surface area contributed by atoms with Crippen molar-refractivity contribution in [1.82, 2.24) is 0 Å². The van der Waals surface area contributed by atoms with Gasteiger partial charge in [0.1, 0.15) is 11.9 Å². The van der Waals surface area contributed by atoms with Crippen molar-refractivity contribution >= 4 is 0 Å². The summed E-state index contributed by atoms with van der Waals surface area (Å²) >= 11 is 0. The number of benzene rings is 2. The number of para-hydroxylation sites is 1. The Morgan fingerprint density at radius 2 is 1.75 bits per heavy atom. The summed E-state index contributed by atoms with van der Waals surface area (Å²) in [5.41, 5.74) is 10.1. The molecule has 0 heterocycles. The lowest BCUT2D eigenvalue weighted by Gasteiger charge is -2.21. The SMILES string of the molecule is CC(C)c1ccccc1OC1Cc2ccccc2C1N. The lowest BCUT2D eigenvalue weighted by molar-refractivity contribution is 0.183. The smallest absolute Gasteiger partial charge is 0.123 e. The van der Waals surface area contributed by atoms with Crippen molar-refractivity contribution in [3.8, 4) is 5.75 Å². The molecule has 2 unspecified atom stereocenters. The Morgan fingerprint density at radius 3 is 2.50 bits per heavy atom. The lowest BCUT2D eigenvalue weighted by Crippen LogP contribution is -2.28. The number of fused-ring (bicyclic) bond motifs is 1. The molecule has 2 aromatic rings. The average molecular weight is 267 g/mol. The van der Waals surface area contributed by atoms with Gasteiger partial charge in [0.05, 0.1) is 6.04 Å². The molecule has 0 bridgehead atoms. The minimum atomic E-state index is -0.0357. The standard InChI is InChI=1S/C18H21NO/c1-12(2)14-8-5-6-10-16(14)20-17-11-13-7-3-4-9-15(13)18(17)19/h3-10,12,17-18H,11,19H2,1-2H3. The van der Waals surface area contributed by atoms with Gasteiger partial charge in [-0.15, -0.1) is 0 Å². The third-order valence-corrected chi connectivity index (χ3v) is 4.06. The Balaban J connectivity index is 1.84. The Labute approximate surface area is 120 Å². The monoisotopic (exact) mass is 267 g/mol. The molecule has 0 amide bonds. The van der Waals surface area contributed by atoms with E-state index in [0.717, 1.165) is 12.2 Å². The second kappa shape index (κ2) is 5.29. The van der Waals surface area contributed by atoms with Gasteiger partial charge in [-0.05, 0) is 28.7 Å². The molecular weight excluding hydrogens is 246 g/mol. The fourth-order valence-corrected chi connectivity index (χ4v) is 2.93. The van der Waals surface area contributed by atoms with Crippen molar-refractivity contribution in [2.45, 2.75) is 38.3 Å². The first kappa shape index (κ1) is 13.2. The number of nitrogens with two attached hydrogens (primary N) is 1. The van der Waals surface area contributed by atoms with Crippen LogP contribution >= 0.6 is 0 Å². The fraction of sp³-hybridized carbons (Fsp3) is 0.333. The maximum absolute atomic E-state index is 6.34. The highest BCUT2D eigenvalue weighted by atomic mass is 16.5. The fourth-order valence-electron chi connectivity index (χ4n) is 2.93. The molecule has 1 aliphatic carbocycles. The Hall–Kier alpha value is -1.80. The summed E-state index contributed by atoms with van der Waals surface area (Å²) in [4.78, 5) is 0. The van der Waals surface area contributed by atoms with Gasteiger partial charge in [-0.3, -0.25) is 0 Å². The van der Waals surface area contributed by atoms with Gasteiger partial charge < -0.3 is 10.5 Å². The molecule has 2 heteroatoms. The predicted molar refractivity (Wildman–Crippen MR) is 82.0 cm³/mol. The summed E-state index contributed by atoms with van der Waals surface area (Å²) in [5, 5.41) is 0.